The average molecular weight is 450 g/mol. The molecule has 1 aromatic heterocycles. The van der Waals surface area contributed by atoms with E-state index >= 15 is 0 Å². The van der Waals surface area contributed by atoms with Crippen molar-refractivity contribution in [2.45, 2.75) is 31.2 Å². The van der Waals surface area contributed by atoms with E-state index in [1.165, 1.54) is 39.4 Å². The van der Waals surface area contributed by atoms with Crippen molar-refractivity contribution < 1.29 is 27.2 Å². The number of sulfonamides is 1. The van der Waals surface area contributed by atoms with Crippen LogP contribution in [0.3, 0.4) is 0 Å². The van der Waals surface area contributed by atoms with Crippen LogP contribution in [0.1, 0.15) is 45.1 Å². The first-order valence-corrected chi connectivity index (χ1v) is 11.4. The third-order valence-corrected chi connectivity index (χ3v) is 7.05. The predicted molar refractivity (Wildman–Crippen MR) is 115 cm³/mol. The molecule has 0 radical (unpaired) electrons. The number of esters is 1. The Labute approximate surface area is 182 Å². The summed E-state index contributed by atoms with van der Waals surface area (Å²) in [5.41, 5.74) is 1.27. The van der Waals surface area contributed by atoms with Gasteiger partial charge in [-0.1, -0.05) is 0 Å². The number of amides is 1. The molecule has 31 heavy (non-hydrogen) atoms. The Morgan fingerprint density at radius 2 is 1.84 bits per heavy atom. The molecule has 3 rings (SSSR count). The Balaban J connectivity index is 1.88. The minimum absolute atomic E-state index is 0.0424. The highest BCUT2D eigenvalue weighted by atomic mass is 32.2. The fourth-order valence-electron chi connectivity index (χ4n) is 3.51. The molecule has 0 spiro atoms. The zero-order chi connectivity index (χ0) is 22.8. The molecule has 10 heteroatoms. The van der Waals surface area contributed by atoms with Gasteiger partial charge in [0.15, 0.2) is 0 Å². The van der Waals surface area contributed by atoms with Gasteiger partial charge in [-0.05, 0) is 44.0 Å². The molecule has 1 amide bonds. The van der Waals surface area contributed by atoms with Crippen molar-refractivity contribution in [2.24, 2.45) is 0 Å². The van der Waals surface area contributed by atoms with E-state index in [1.807, 2.05) is 0 Å². The van der Waals surface area contributed by atoms with Crippen molar-refractivity contribution in [3.63, 3.8) is 0 Å². The van der Waals surface area contributed by atoms with E-state index in [1.54, 1.807) is 13.0 Å². The number of anilines is 1. The number of methoxy groups -OCH3 is 1. The van der Waals surface area contributed by atoms with Crippen LogP contribution in [-0.2, 0) is 21.3 Å². The zero-order valence-corrected chi connectivity index (χ0v) is 18.9. The maximum atomic E-state index is 13.0. The fraction of sp³-hybridized carbons (Fsp3) is 0.429. The Bertz CT molecular complexity index is 1080. The summed E-state index contributed by atoms with van der Waals surface area (Å²) in [6.07, 6.45) is 2.03. The van der Waals surface area contributed by atoms with E-state index in [9.17, 15) is 18.0 Å². The topological polar surface area (TPSA) is 109 Å². The van der Waals surface area contributed by atoms with Crippen molar-refractivity contribution in [1.82, 2.24) is 9.62 Å². The molecule has 0 atom stereocenters. The summed E-state index contributed by atoms with van der Waals surface area (Å²) in [4.78, 5) is 26.9. The number of carbonyl (C=O) groups is 2. The van der Waals surface area contributed by atoms with Crippen molar-refractivity contribution in [3.8, 4) is 0 Å². The van der Waals surface area contributed by atoms with E-state index in [2.05, 4.69) is 10.2 Å². The van der Waals surface area contributed by atoms with E-state index in [0.717, 1.165) is 30.2 Å². The number of hydrogen-bond donors (Lipinski definition) is 1. The van der Waals surface area contributed by atoms with Crippen LogP contribution in [0.15, 0.2) is 33.6 Å². The van der Waals surface area contributed by atoms with Gasteiger partial charge in [-0.25, -0.2) is 17.5 Å². The number of nitrogens with zero attached hydrogens (tertiary/aromatic N) is 2. The molecule has 168 valence electrons. The lowest BCUT2D eigenvalue weighted by Crippen LogP contribution is -2.28. The molecular formula is C21H27N3O6S. The highest BCUT2D eigenvalue weighted by molar-refractivity contribution is 7.89. The summed E-state index contributed by atoms with van der Waals surface area (Å²) < 4.78 is 36.5. The largest absolute Gasteiger partial charge is 0.465 e. The predicted octanol–water partition coefficient (Wildman–Crippen LogP) is 2.16. The van der Waals surface area contributed by atoms with Gasteiger partial charge in [0.25, 0.3) is 5.91 Å². The van der Waals surface area contributed by atoms with Crippen molar-refractivity contribution in [1.29, 1.82) is 0 Å². The van der Waals surface area contributed by atoms with E-state index in [0.29, 0.717) is 22.8 Å². The Morgan fingerprint density at radius 3 is 2.45 bits per heavy atom. The van der Waals surface area contributed by atoms with Gasteiger partial charge in [0.2, 0.25) is 10.0 Å². The van der Waals surface area contributed by atoms with Gasteiger partial charge in [0.1, 0.15) is 17.1 Å². The number of aryl methyl sites for hydroxylation is 1. The first kappa shape index (κ1) is 22.8. The van der Waals surface area contributed by atoms with Crippen LogP contribution < -0.4 is 10.2 Å². The standard InChI is InChI=1S/C21H27N3O6S/c1-14-17(21(26)29-4)11-15(30-14)13-22-20(25)18-12-16(31(27,28)23(2)3)7-8-19(18)24-9-5-6-10-24/h7-8,11-12H,5-6,9-10,13H2,1-4H3,(H,22,25). The minimum Gasteiger partial charge on any atom is -0.465 e. The van der Waals surface area contributed by atoms with Crippen molar-refractivity contribution >= 4 is 27.6 Å². The van der Waals surface area contributed by atoms with Crippen LogP contribution in [0.2, 0.25) is 0 Å². The Morgan fingerprint density at radius 1 is 1.16 bits per heavy atom. The molecule has 9 nitrogen and oxygen atoms in total. The first-order valence-electron chi connectivity index (χ1n) is 9.92. The monoisotopic (exact) mass is 449 g/mol. The number of benzene rings is 1. The SMILES string of the molecule is COC(=O)c1cc(CNC(=O)c2cc(S(=O)(=O)N(C)C)ccc2N2CCCC2)oc1C. The van der Waals surface area contributed by atoms with Gasteiger partial charge in [0, 0.05) is 32.9 Å². The molecule has 1 N–H and O–H groups in total. The third-order valence-electron chi connectivity index (χ3n) is 5.24. The second-order valence-corrected chi connectivity index (χ2v) is 9.67. The molecule has 1 saturated heterocycles. The molecule has 1 aliphatic heterocycles. The summed E-state index contributed by atoms with van der Waals surface area (Å²) in [6, 6.07) is 6.14. The van der Waals surface area contributed by atoms with E-state index < -0.39 is 21.9 Å². The minimum atomic E-state index is -3.69. The maximum Gasteiger partial charge on any atom is 0.341 e. The fourth-order valence-corrected chi connectivity index (χ4v) is 4.44. The second-order valence-electron chi connectivity index (χ2n) is 7.52. The number of hydrogen-bond acceptors (Lipinski definition) is 7. The highest BCUT2D eigenvalue weighted by Gasteiger charge is 2.25. The zero-order valence-electron chi connectivity index (χ0n) is 18.1. The number of ether oxygens (including phenoxy) is 1. The molecular weight excluding hydrogens is 422 g/mol. The summed E-state index contributed by atoms with van der Waals surface area (Å²) in [6.45, 7) is 3.29. The summed E-state index contributed by atoms with van der Waals surface area (Å²) in [7, 11) is 0.485. The lowest BCUT2D eigenvalue weighted by atomic mass is 10.1. The smallest absolute Gasteiger partial charge is 0.341 e. The molecule has 2 heterocycles. The molecule has 2 aromatic rings. The Kier molecular flexibility index (Phi) is 6.71. The normalized spacial score (nSPS) is 14.2. The molecule has 0 unspecified atom stereocenters. The molecule has 0 bridgehead atoms. The van der Waals surface area contributed by atoms with Gasteiger partial charge >= 0.3 is 5.97 Å². The van der Waals surface area contributed by atoms with Gasteiger partial charge in [-0.2, -0.15) is 0 Å². The highest BCUT2D eigenvalue weighted by Crippen LogP contribution is 2.28. The molecule has 0 aliphatic carbocycles. The maximum absolute atomic E-state index is 13.0. The quantitative estimate of drug-likeness (QED) is 0.645. The summed E-state index contributed by atoms with van der Waals surface area (Å²) in [5.74, 6) is -0.151. The molecule has 1 aromatic carbocycles. The van der Waals surface area contributed by atoms with Gasteiger partial charge in [0.05, 0.1) is 24.1 Å². The van der Waals surface area contributed by atoms with E-state index in [-0.39, 0.29) is 17.0 Å². The van der Waals surface area contributed by atoms with Crippen LogP contribution in [0.4, 0.5) is 5.69 Å². The second kappa shape index (κ2) is 9.11. The average Bonchev–Trinajstić information content (AvgIpc) is 3.40. The van der Waals surface area contributed by atoms with Crippen LogP contribution in [-0.4, -0.2) is 58.9 Å². The number of furan rings is 1. The lowest BCUT2D eigenvalue weighted by molar-refractivity contribution is 0.0598. The number of nitrogens with one attached hydrogen (secondary N) is 1. The van der Waals surface area contributed by atoms with Crippen molar-refractivity contribution in [3.05, 3.63) is 46.9 Å². The molecule has 0 saturated carbocycles. The third kappa shape index (κ3) is 4.75. The number of rotatable bonds is 7. The molecule has 1 fully saturated rings. The first-order chi connectivity index (χ1) is 14.6. The van der Waals surface area contributed by atoms with Crippen molar-refractivity contribution in [2.75, 3.05) is 39.2 Å². The van der Waals surface area contributed by atoms with Gasteiger partial charge in [-0.3, -0.25) is 4.79 Å². The summed E-state index contributed by atoms with van der Waals surface area (Å²) >= 11 is 0. The Hall–Kier alpha value is -2.85. The van der Waals surface area contributed by atoms with E-state index in [4.69, 9.17) is 9.15 Å². The summed E-state index contributed by atoms with van der Waals surface area (Å²) in [5, 5.41) is 2.76. The van der Waals surface area contributed by atoms with Crippen LogP contribution >= 0.6 is 0 Å². The number of carbonyl (C=O) groups excluding carboxylic acids is 2. The van der Waals surface area contributed by atoms with Crippen LogP contribution in [0.5, 0.6) is 0 Å². The van der Waals surface area contributed by atoms with Gasteiger partial charge in [-0.15, -0.1) is 0 Å². The van der Waals surface area contributed by atoms with Gasteiger partial charge < -0.3 is 19.4 Å². The molecule has 1 aliphatic rings. The van der Waals surface area contributed by atoms with Crippen LogP contribution in [0.25, 0.3) is 0 Å². The lowest BCUT2D eigenvalue weighted by Gasteiger charge is -2.22. The van der Waals surface area contributed by atoms with Crippen LogP contribution in [0, 0.1) is 6.92 Å².